The first-order chi connectivity index (χ1) is 10.3. The number of benzene rings is 1. The summed E-state index contributed by atoms with van der Waals surface area (Å²) in [5.74, 6) is 0.727. The standard InChI is InChI=1S/C18H27FN2/c1-2-18(15-5-3-6-16(19)13-15)21-11-8-14(9-12-21)17-7-4-10-20-17/h3,5-6,13-14,17-18,20H,2,4,7-12H2,1H3. The minimum atomic E-state index is -0.115. The summed E-state index contributed by atoms with van der Waals surface area (Å²) in [6.45, 7) is 5.71. The van der Waals surface area contributed by atoms with Gasteiger partial charge in [-0.25, -0.2) is 4.39 Å². The van der Waals surface area contributed by atoms with Gasteiger partial charge in [-0.15, -0.1) is 0 Å². The normalized spacial score (nSPS) is 26.1. The van der Waals surface area contributed by atoms with E-state index in [2.05, 4.69) is 23.2 Å². The third-order valence-electron chi connectivity index (χ3n) is 5.30. The first kappa shape index (κ1) is 15.0. The van der Waals surface area contributed by atoms with Crippen molar-refractivity contribution in [1.29, 1.82) is 0 Å². The van der Waals surface area contributed by atoms with Crippen LogP contribution in [0.4, 0.5) is 4.39 Å². The van der Waals surface area contributed by atoms with Crippen molar-refractivity contribution in [2.24, 2.45) is 5.92 Å². The third-order valence-corrected chi connectivity index (χ3v) is 5.30. The predicted octanol–water partition coefficient (Wildman–Crippen LogP) is 3.74. The molecule has 0 aliphatic carbocycles. The van der Waals surface area contributed by atoms with Crippen LogP contribution in [0.25, 0.3) is 0 Å². The van der Waals surface area contributed by atoms with Crippen LogP contribution >= 0.6 is 0 Å². The van der Waals surface area contributed by atoms with Gasteiger partial charge in [-0.1, -0.05) is 19.1 Å². The monoisotopic (exact) mass is 290 g/mol. The molecule has 2 fully saturated rings. The molecule has 2 saturated heterocycles. The summed E-state index contributed by atoms with van der Waals surface area (Å²) in [6.07, 6.45) is 6.31. The number of piperidine rings is 1. The minimum Gasteiger partial charge on any atom is -0.314 e. The molecule has 0 amide bonds. The van der Waals surface area contributed by atoms with Gasteiger partial charge >= 0.3 is 0 Å². The third kappa shape index (κ3) is 3.46. The topological polar surface area (TPSA) is 15.3 Å². The Labute approximate surface area is 127 Å². The Kier molecular flexibility index (Phi) is 4.91. The summed E-state index contributed by atoms with van der Waals surface area (Å²) in [7, 11) is 0. The number of hydrogen-bond donors (Lipinski definition) is 1. The molecule has 0 saturated carbocycles. The first-order valence-corrected chi connectivity index (χ1v) is 8.51. The summed E-state index contributed by atoms with van der Waals surface area (Å²) in [5.41, 5.74) is 1.13. The second-order valence-corrected chi connectivity index (χ2v) is 6.56. The zero-order valence-electron chi connectivity index (χ0n) is 13.0. The molecule has 1 N–H and O–H groups in total. The van der Waals surface area contributed by atoms with Crippen molar-refractivity contribution >= 4 is 0 Å². The highest BCUT2D eigenvalue weighted by Gasteiger charge is 2.30. The van der Waals surface area contributed by atoms with Gasteiger partial charge in [0.25, 0.3) is 0 Å². The van der Waals surface area contributed by atoms with Crippen LogP contribution in [0.1, 0.15) is 50.6 Å². The van der Waals surface area contributed by atoms with Crippen molar-refractivity contribution in [1.82, 2.24) is 10.2 Å². The summed E-state index contributed by atoms with van der Waals surface area (Å²) in [6, 6.07) is 8.27. The Morgan fingerprint density at radius 2 is 2.10 bits per heavy atom. The van der Waals surface area contributed by atoms with Crippen LogP contribution in [0.15, 0.2) is 24.3 Å². The summed E-state index contributed by atoms with van der Waals surface area (Å²) < 4.78 is 13.5. The average molecular weight is 290 g/mol. The van der Waals surface area contributed by atoms with E-state index in [0.717, 1.165) is 37.0 Å². The van der Waals surface area contributed by atoms with E-state index >= 15 is 0 Å². The molecule has 1 aromatic rings. The second-order valence-electron chi connectivity index (χ2n) is 6.56. The van der Waals surface area contributed by atoms with E-state index in [1.165, 1.54) is 38.3 Å². The maximum atomic E-state index is 13.5. The van der Waals surface area contributed by atoms with Gasteiger partial charge in [0.15, 0.2) is 0 Å². The van der Waals surface area contributed by atoms with E-state index in [4.69, 9.17) is 0 Å². The van der Waals surface area contributed by atoms with Gasteiger partial charge in [0.2, 0.25) is 0 Å². The zero-order valence-corrected chi connectivity index (χ0v) is 13.0. The molecule has 0 radical (unpaired) electrons. The van der Waals surface area contributed by atoms with E-state index in [1.54, 1.807) is 6.07 Å². The molecule has 2 nitrogen and oxygen atoms in total. The maximum absolute atomic E-state index is 13.5. The molecule has 3 rings (SSSR count). The molecule has 2 unspecified atom stereocenters. The number of halogens is 1. The highest BCUT2D eigenvalue weighted by molar-refractivity contribution is 5.20. The lowest BCUT2D eigenvalue weighted by Crippen LogP contribution is -2.42. The maximum Gasteiger partial charge on any atom is 0.123 e. The van der Waals surface area contributed by atoms with E-state index in [0.29, 0.717) is 6.04 Å². The zero-order chi connectivity index (χ0) is 14.7. The molecule has 2 aliphatic rings. The summed E-state index contributed by atoms with van der Waals surface area (Å²) in [5, 5.41) is 3.66. The van der Waals surface area contributed by atoms with Gasteiger partial charge in [-0.2, -0.15) is 0 Å². The molecule has 2 aliphatic heterocycles. The van der Waals surface area contributed by atoms with Gasteiger partial charge in [0.1, 0.15) is 5.82 Å². The lowest BCUT2D eigenvalue weighted by molar-refractivity contribution is 0.116. The molecule has 21 heavy (non-hydrogen) atoms. The van der Waals surface area contributed by atoms with Crippen LogP contribution in [-0.2, 0) is 0 Å². The van der Waals surface area contributed by atoms with Crippen LogP contribution < -0.4 is 5.32 Å². The van der Waals surface area contributed by atoms with E-state index in [-0.39, 0.29) is 5.82 Å². The molecular weight excluding hydrogens is 263 g/mol. The Balaban J connectivity index is 1.61. The largest absolute Gasteiger partial charge is 0.314 e. The Morgan fingerprint density at radius 3 is 2.71 bits per heavy atom. The van der Waals surface area contributed by atoms with Crippen LogP contribution in [-0.4, -0.2) is 30.6 Å². The quantitative estimate of drug-likeness (QED) is 0.908. The Morgan fingerprint density at radius 1 is 1.29 bits per heavy atom. The number of hydrogen-bond acceptors (Lipinski definition) is 2. The van der Waals surface area contributed by atoms with Gasteiger partial charge < -0.3 is 5.32 Å². The van der Waals surface area contributed by atoms with Gasteiger partial charge in [-0.3, -0.25) is 4.90 Å². The van der Waals surface area contributed by atoms with E-state index in [9.17, 15) is 4.39 Å². The lowest BCUT2D eigenvalue weighted by Gasteiger charge is -2.39. The number of nitrogens with zero attached hydrogens (tertiary/aromatic N) is 1. The van der Waals surface area contributed by atoms with Crippen molar-refractivity contribution in [2.75, 3.05) is 19.6 Å². The Hall–Kier alpha value is -0.930. The van der Waals surface area contributed by atoms with Crippen molar-refractivity contribution in [3.63, 3.8) is 0 Å². The van der Waals surface area contributed by atoms with Gasteiger partial charge in [0, 0.05) is 12.1 Å². The number of likely N-dealkylation sites (tertiary alicyclic amines) is 1. The molecular formula is C18H27FN2. The molecule has 0 spiro atoms. The predicted molar refractivity (Wildman–Crippen MR) is 84.8 cm³/mol. The fourth-order valence-corrected chi connectivity index (χ4v) is 4.17. The lowest BCUT2D eigenvalue weighted by atomic mass is 9.87. The van der Waals surface area contributed by atoms with Gasteiger partial charge in [0.05, 0.1) is 0 Å². The SMILES string of the molecule is CCC(c1cccc(F)c1)N1CCC(C2CCCN2)CC1. The molecule has 0 bridgehead atoms. The van der Waals surface area contributed by atoms with Crippen LogP contribution in [0.5, 0.6) is 0 Å². The van der Waals surface area contributed by atoms with Crippen LogP contribution in [0.2, 0.25) is 0 Å². The van der Waals surface area contributed by atoms with Crippen LogP contribution in [0.3, 0.4) is 0 Å². The molecule has 2 heterocycles. The molecule has 1 aromatic carbocycles. The average Bonchev–Trinajstić information content (AvgIpc) is 3.03. The highest BCUT2D eigenvalue weighted by atomic mass is 19.1. The molecule has 116 valence electrons. The van der Waals surface area contributed by atoms with Crippen molar-refractivity contribution in [2.45, 2.75) is 51.1 Å². The smallest absolute Gasteiger partial charge is 0.123 e. The molecule has 3 heteroatoms. The number of rotatable bonds is 4. The molecule has 0 aromatic heterocycles. The van der Waals surface area contributed by atoms with Gasteiger partial charge in [-0.05, 0) is 75.4 Å². The minimum absolute atomic E-state index is 0.115. The fourth-order valence-electron chi connectivity index (χ4n) is 4.17. The van der Waals surface area contributed by atoms with E-state index < -0.39 is 0 Å². The van der Waals surface area contributed by atoms with E-state index in [1.807, 2.05) is 6.07 Å². The van der Waals surface area contributed by atoms with Crippen LogP contribution in [0, 0.1) is 11.7 Å². The van der Waals surface area contributed by atoms with Crippen molar-refractivity contribution < 1.29 is 4.39 Å². The van der Waals surface area contributed by atoms with Crippen molar-refractivity contribution in [3.8, 4) is 0 Å². The second kappa shape index (κ2) is 6.89. The Bertz CT molecular complexity index is 448. The van der Waals surface area contributed by atoms with Crippen molar-refractivity contribution in [3.05, 3.63) is 35.6 Å². The number of nitrogens with one attached hydrogen (secondary N) is 1. The first-order valence-electron chi connectivity index (χ1n) is 8.51. The fraction of sp³-hybridized carbons (Fsp3) is 0.667. The molecule has 2 atom stereocenters. The summed E-state index contributed by atoms with van der Waals surface area (Å²) in [4.78, 5) is 2.56. The highest BCUT2D eigenvalue weighted by Crippen LogP contribution is 2.32. The summed E-state index contributed by atoms with van der Waals surface area (Å²) >= 11 is 0.